The summed E-state index contributed by atoms with van der Waals surface area (Å²) >= 11 is 0. The lowest BCUT2D eigenvalue weighted by atomic mass is 9.96. The molecule has 3 atom stereocenters. The van der Waals surface area contributed by atoms with Crippen LogP contribution in [0.3, 0.4) is 0 Å². The molecule has 0 bridgehead atoms. The summed E-state index contributed by atoms with van der Waals surface area (Å²) in [6, 6.07) is 0. The summed E-state index contributed by atoms with van der Waals surface area (Å²) < 4.78 is 4.61. The van der Waals surface area contributed by atoms with Gasteiger partial charge in [-0.3, -0.25) is 4.79 Å². The fraction of sp³-hybridized carbons (Fsp3) is 0.850. The normalized spacial score (nSPS) is 24.0. The Morgan fingerprint density at radius 2 is 1.42 bits per heavy atom. The second-order valence-corrected chi connectivity index (χ2v) is 6.94. The highest BCUT2D eigenvalue weighted by molar-refractivity contribution is 5.75. The van der Waals surface area contributed by atoms with E-state index in [1.54, 1.807) is 0 Å². The highest BCUT2D eigenvalue weighted by Gasteiger charge is 2.42. The lowest BCUT2D eigenvalue weighted by Crippen LogP contribution is -2.26. The van der Waals surface area contributed by atoms with E-state index in [0.717, 1.165) is 25.7 Å². The zero-order valence-electron chi connectivity index (χ0n) is 15.3. The molecule has 0 aromatic carbocycles. The number of aliphatic hydroxyl groups is 2. The third-order valence-corrected chi connectivity index (χ3v) is 4.77. The van der Waals surface area contributed by atoms with Crippen LogP contribution in [0, 0.1) is 5.92 Å². The first-order valence-electron chi connectivity index (χ1n) is 9.88. The number of ether oxygens (including phenoxy) is 1. The smallest absolute Gasteiger partial charge is 0.314 e. The maximum atomic E-state index is 11.4. The minimum Gasteiger partial charge on any atom is -0.433 e. The number of esters is 1. The number of rotatable bonds is 14. The molecule has 1 saturated heterocycles. The molecule has 24 heavy (non-hydrogen) atoms. The first-order chi connectivity index (χ1) is 11.7. The average molecular weight is 341 g/mol. The van der Waals surface area contributed by atoms with E-state index in [0.29, 0.717) is 6.42 Å². The summed E-state index contributed by atoms with van der Waals surface area (Å²) in [5.74, 6) is -1.01. The molecule has 140 valence electrons. The van der Waals surface area contributed by atoms with Crippen LogP contribution in [0.2, 0.25) is 0 Å². The van der Waals surface area contributed by atoms with Crippen molar-refractivity contribution in [1.29, 1.82) is 0 Å². The highest BCUT2D eigenvalue weighted by atomic mass is 16.7. The summed E-state index contributed by atoms with van der Waals surface area (Å²) in [7, 11) is 0. The van der Waals surface area contributed by atoms with Crippen LogP contribution in [-0.4, -0.2) is 28.6 Å². The molecule has 0 radical (unpaired) electrons. The molecule has 1 aliphatic heterocycles. The van der Waals surface area contributed by atoms with Crippen LogP contribution in [0.1, 0.15) is 90.4 Å². The molecule has 0 spiro atoms. The van der Waals surface area contributed by atoms with Gasteiger partial charge in [0.2, 0.25) is 6.29 Å². The fourth-order valence-corrected chi connectivity index (χ4v) is 3.16. The third-order valence-electron chi connectivity index (χ3n) is 4.77. The second kappa shape index (κ2) is 13.4. The molecular formula is C20H36O4. The van der Waals surface area contributed by atoms with E-state index in [2.05, 4.69) is 23.8 Å². The Bertz CT molecular complexity index is 354. The molecule has 1 fully saturated rings. The lowest BCUT2D eigenvalue weighted by Gasteiger charge is -2.10. The zero-order valence-corrected chi connectivity index (χ0v) is 15.3. The molecule has 1 rings (SSSR count). The molecule has 0 aliphatic carbocycles. The van der Waals surface area contributed by atoms with E-state index >= 15 is 0 Å². The predicted octanol–water partition coefficient (Wildman–Crippen LogP) is 4.49. The Morgan fingerprint density at radius 1 is 0.875 bits per heavy atom. The molecule has 0 aromatic rings. The van der Waals surface area contributed by atoms with Crippen LogP contribution in [0.25, 0.3) is 0 Å². The minimum atomic E-state index is -1.33. The summed E-state index contributed by atoms with van der Waals surface area (Å²) in [4.78, 5) is 11.4. The lowest BCUT2D eigenvalue weighted by molar-refractivity contribution is -0.159. The quantitative estimate of drug-likeness (QED) is 0.278. The topological polar surface area (TPSA) is 66.8 Å². The summed E-state index contributed by atoms with van der Waals surface area (Å²) in [6.45, 7) is 2.25. The van der Waals surface area contributed by atoms with Gasteiger partial charge in [0.1, 0.15) is 6.10 Å². The molecule has 1 heterocycles. The summed E-state index contributed by atoms with van der Waals surface area (Å²) in [6.07, 6.45) is 17.5. The average Bonchev–Trinajstić information content (AvgIpc) is 2.81. The van der Waals surface area contributed by atoms with Crippen molar-refractivity contribution in [2.75, 3.05) is 0 Å². The van der Waals surface area contributed by atoms with Crippen LogP contribution >= 0.6 is 0 Å². The van der Waals surface area contributed by atoms with Crippen LogP contribution in [0.5, 0.6) is 0 Å². The van der Waals surface area contributed by atoms with Gasteiger partial charge in [-0.1, -0.05) is 70.4 Å². The Morgan fingerprint density at radius 3 is 1.96 bits per heavy atom. The first-order valence-corrected chi connectivity index (χ1v) is 9.88. The van der Waals surface area contributed by atoms with Crippen molar-refractivity contribution in [2.24, 2.45) is 5.92 Å². The van der Waals surface area contributed by atoms with E-state index in [1.165, 1.54) is 51.4 Å². The number of aliphatic hydroxyl groups excluding tert-OH is 2. The van der Waals surface area contributed by atoms with Gasteiger partial charge in [0.05, 0.1) is 5.92 Å². The number of unbranched alkanes of at least 4 members (excludes halogenated alkanes) is 10. The van der Waals surface area contributed by atoms with Crippen molar-refractivity contribution in [3.05, 3.63) is 12.2 Å². The Balaban J connectivity index is 1.87. The molecule has 2 N–H and O–H groups in total. The van der Waals surface area contributed by atoms with Crippen LogP contribution in [0.4, 0.5) is 0 Å². The molecule has 0 saturated carbocycles. The highest BCUT2D eigenvalue weighted by Crippen LogP contribution is 2.25. The van der Waals surface area contributed by atoms with Crippen LogP contribution in [-0.2, 0) is 9.53 Å². The predicted molar refractivity (Wildman–Crippen MR) is 96.4 cm³/mol. The number of allylic oxidation sites excluding steroid dienone is 2. The number of carbonyl (C=O) groups is 1. The van der Waals surface area contributed by atoms with Crippen molar-refractivity contribution in [3.8, 4) is 0 Å². The van der Waals surface area contributed by atoms with Gasteiger partial charge >= 0.3 is 5.97 Å². The van der Waals surface area contributed by atoms with Crippen molar-refractivity contribution < 1.29 is 19.7 Å². The third kappa shape index (κ3) is 8.84. The molecule has 0 amide bonds. The number of hydrogen-bond donors (Lipinski definition) is 2. The number of carbonyl (C=O) groups excluding carboxylic acids is 1. The van der Waals surface area contributed by atoms with Gasteiger partial charge in [-0.15, -0.1) is 0 Å². The maximum Gasteiger partial charge on any atom is 0.314 e. The largest absolute Gasteiger partial charge is 0.433 e. The van der Waals surface area contributed by atoms with Gasteiger partial charge in [0, 0.05) is 0 Å². The molecular weight excluding hydrogens is 304 g/mol. The van der Waals surface area contributed by atoms with Gasteiger partial charge in [-0.2, -0.15) is 0 Å². The van der Waals surface area contributed by atoms with Crippen molar-refractivity contribution >= 4 is 5.97 Å². The van der Waals surface area contributed by atoms with Crippen LogP contribution < -0.4 is 0 Å². The van der Waals surface area contributed by atoms with E-state index in [1.807, 2.05) is 0 Å². The van der Waals surface area contributed by atoms with E-state index < -0.39 is 24.3 Å². The standard InChI is InChI=1S/C20H36O4/c1-2-3-4-5-6-7-8-9-10-11-12-13-14-15-16-17-18(21)20(23)24-19(17)22/h9-10,17-18,20-21,23H,2-8,11-16H2,1H3/b10-9-/t17-,18+,20+/m0/s1. The molecule has 4 nitrogen and oxygen atoms in total. The second-order valence-electron chi connectivity index (χ2n) is 6.94. The van der Waals surface area contributed by atoms with Crippen molar-refractivity contribution in [2.45, 2.75) is 103 Å². The number of cyclic esters (lactones) is 1. The van der Waals surface area contributed by atoms with Gasteiger partial charge in [-0.05, 0) is 32.1 Å². The summed E-state index contributed by atoms with van der Waals surface area (Å²) in [5, 5.41) is 18.9. The van der Waals surface area contributed by atoms with Gasteiger partial charge in [0.15, 0.2) is 0 Å². The molecule has 0 unspecified atom stereocenters. The van der Waals surface area contributed by atoms with Crippen LogP contribution in [0.15, 0.2) is 12.2 Å². The van der Waals surface area contributed by atoms with Gasteiger partial charge < -0.3 is 14.9 Å². The van der Waals surface area contributed by atoms with Crippen molar-refractivity contribution in [1.82, 2.24) is 0 Å². The Labute approximate surface area is 147 Å². The number of hydrogen-bond acceptors (Lipinski definition) is 4. The van der Waals surface area contributed by atoms with Gasteiger partial charge in [-0.25, -0.2) is 0 Å². The maximum absolute atomic E-state index is 11.4. The molecule has 4 heteroatoms. The van der Waals surface area contributed by atoms with E-state index in [9.17, 15) is 15.0 Å². The molecule has 0 aromatic heterocycles. The fourth-order valence-electron chi connectivity index (χ4n) is 3.16. The van der Waals surface area contributed by atoms with Gasteiger partial charge in [0.25, 0.3) is 0 Å². The zero-order chi connectivity index (χ0) is 17.6. The summed E-state index contributed by atoms with van der Waals surface area (Å²) in [5.41, 5.74) is 0. The first kappa shape index (κ1) is 21.2. The minimum absolute atomic E-state index is 0.465. The Kier molecular flexibility index (Phi) is 11.8. The van der Waals surface area contributed by atoms with E-state index in [4.69, 9.17) is 0 Å². The van der Waals surface area contributed by atoms with Crippen molar-refractivity contribution in [3.63, 3.8) is 0 Å². The molecule has 1 aliphatic rings. The van der Waals surface area contributed by atoms with E-state index in [-0.39, 0.29) is 0 Å². The SMILES string of the molecule is CCCCCCCC/C=C\CCCCCC[C@@H]1C(=O)O[C@@H](O)[C@@H]1O. The Hall–Kier alpha value is -0.870. The monoisotopic (exact) mass is 340 g/mol.